The van der Waals surface area contributed by atoms with Crippen LogP contribution in [0.15, 0.2) is 36.4 Å². The number of hydrogen-bond donors (Lipinski definition) is 3. The van der Waals surface area contributed by atoms with Gasteiger partial charge in [-0.05, 0) is 65.2 Å². The highest BCUT2D eigenvalue weighted by atomic mass is 16.6. The van der Waals surface area contributed by atoms with Gasteiger partial charge in [-0.25, -0.2) is 4.79 Å². The van der Waals surface area contributed by atoms with Crippen molar-refractivity contribution in [3.63, 3.8) is 0 Å². The fourth-order valence-electron chi connectivity index (χ4n) is 3.91. The lowest BCUT2D eigenvalue weighted by Crippen LogP contribution is -2.47. The number of benzene rings is 2. The van der Waals surface area contributed by atoms with Gasteiger partial charge in [-0.15, -0.1) is 0 Å². The fraction of sp³-hybridized carbons (Fsp3) is 0.444. The SMILES string of the molecule is Cc1cc(C)cc(C(C(=O)Nc2c(C)cccc2C)N(CCO)C(=O)CNC(=O)OC(C)(C)C)c1. The molecule has 0 heterocycles. The molecule has 0 spiro atoms. The number of amides is 3. The van der Waals surface area contributed by atoms with Crippen molar-refractivity contribution in [1.82, 2.24) is 10.2 Å². The van der Waals surface area contributed by atoms with Crippen molar-refractivity contribution >= 4 is 23.6 Å². The Morgan fingerprint density at radius 1 is 1.00 bits per heavy atom. The van der Waals surface area contributed by atoms with Crippen LogP contribution in [-0.2, 0) is 14.3 Å². The van der Waals surface area contributed by atoms with E-state index in [-0.39, 0.29) is 19.7 Å². The fourth-order valence-corrected chi connectivity index (χ4v) is 3.91. The van der Waals surface area contributed by atoms with Gasteiger partial charge in [-0.3, -0.25) is 9.59 Å². The summed E-state index contributed by atoms with van der Waals surface area (Å²) < 4.78 is 5.21. The molecular formula is C27H37N3O5. The summed E-state index contributed by atoms with van der Waals surface area (Å²) in [7, 11) is 0. The van der Waals surface area contributed by atoms with Crippen LogP contribution in [0, 0.1) is 27.7 Å². The van der Waals surface area contributed by atoms with Gasteiger partial charge in [0.1, 0.15) is 18.2 Å². The van der Waals surface area contributed by atoms with Crippen molar-refractivity contribution in [2.24, 2.45) is 0 Å². The first-order chi connectivity index (χ1) is 16.3. The second-order valence-corrected chi connectivity index (χ2v) is 9.75. The van der Waals surface area contributed by atoms with Gasteiger partial charge in [0.05, 0.1) is 6.61 Å². The van der Waals surface area contributed by atoms with E-state index in [0.717, 1.165) is 22.3 Å². The van der Waals surface area contributed by atoms with Crippen LogP contribution in [0.2, 0.25) is 0 Å². The van der Waals surface area contributed by atoms with Gasteiger partial charge < -0.3 is 25.4 Å². The summed E-state index contributed by atoms with van der Waals surface area (Å²) in [6.07, 6.45) is -0.738. The average molecular weight is 484 g/mol. The van der Waals surface area contributed by atoms with E-state index < -0.39 is 29.6 Å². The number of aliphatic hydroxyl groups excluding tert-OH is 1. The highest BCUT2D eigenvalue weighted by Crippen LogP contribution is 2.27. The smallest absolute Gasteiger partial charge is 0.408 e. The van der Waals surface area contributed by atoms with Crippen molar-refractivity contribution in [2.75, 3.05) is 25.0 Å². The highest BCUT2D eigenvalue weighted by Gasteiger charge is 2.32. The van der Waals surface area contributed by atoms with Crippen LogP contribution < -0.4 is 10.6 Å². The monoisotopic (exact) mass is 483 g/mol. The van der Waals surface area contributed by atoms with Crippen molar-refractivity contribution in [3.05, 3.63) is 64.2 Å². The third-order valence-corrected chi connectivity index (χ3v) is 5.29. The number of alkyl carbamates (subject to hydrolysis) is 1. The maximum absolute atomic E-state index is 13.7. The number of aryl methyl sites for hydroxylation is 4. The number of ether oxygens (including phenoxy) is 1. The number of para-hydroxylation sites is 1. The van der Waals surface area contributed by atoms with Crippen molar-refractivity contribution < 1.29 is 24.2 Å². The molecule has 0 fully saturated rings. The Morgan fingerprint density at radius 3 is 2.09 bits per heavy atom. The summed E-state index contributed by atoms with van der Waals surface area (Å²) in [6.45, 7) is 12.0. The number of nitrogens with one attached hydrogen (secondary N) is 2. The number of aliphatic hydroxyl groups is 1. The maximum atomic E-state index is 13.7. The molecule has 1 atom stereocenters. The van der Waals surface area contributed by atoms with Gasteiger partial charge in [-0.1, -0.05) is 47.5 Å². The number of nitrogens with zero attached hydrogens (tertiary/aromatic N) is 1. The second-order valence-electron chi connectivity index (χ2n) is 9.75. The molecule has 3 N–H and O–H groups in total. The average Bonchev–Trinajstić information content (AvgIpc) is 2.72. The minimum atomic E-state index is -1.02. The molecule has 35 heavy (non-hydrogen) atoms. The molecular weight excluding hydrogens is 446 g/mol. The highest BCUT2D eigenvalue weighted by molar-refractivity contribution is 5.99. The van der Waals surface area contributed by atoms with E-state index in [1.165, 1.54) is 4.90 Å². The Morgan fingerprint density at radius 2 is 1.57 bits per heavy atom. The molecule has 0 aliphatic rings. The zero-order chi connectivity index (χ0) is 26.3. The van der Waals surface area contributed by atoms with E-state index >= 15 is 0 Å². The molecule has 0 aromatic heterocycles. The molecule has 0 bridgehead atoms. The van der Waals surface area contributed by atoms with Crippen LogP contribution in [0.25, 0.3) is 0 Å². The third kappa shape index (κ3) is 8.10. The molecule has 0 saturated heterocycles. The van der Waals surface area contributed by atoms with Gasteiger partial charge in [-0.2, -0.15) is 0 Å². The Kier molecular flexibility index (Phi) is 9.42. The second kappa shape index (κ2) is 11.8. The molecule has 0 aliphatic carbocycles. The summed E-state index contributed by atoms with van der Waals surface area (Å²) in [5.41, 5.74) is 4.24. The third-order valence-electron chi connectivity index (χ3n) is 5.29. The van der Waals surface area contributed by atoms with Crippen LogP contribution in [-0.4, -0.2) is 53.2 Å². The lowest BCUT2D eigenvalue weighted by Gasteiger charge is -2.32. The Balaban J connectivity index is 2.42. The van der Waals surface area contributed by atoms with E-state index in [4.69, 9.17) is 4.74 Å². The molecule has 8 nitrogen and oxygen atoms in total. The molecule has 2 rings (SSSR count). The quantitative estimate of drug-likeness (QED) is 0.527. The molecule has 0 saturated carbocycles. The number of hydrogen-bond acceptors (Lipinski definition) is 5. The molecule has 3 amide bonds. The summed E-state index contributed by atoms with van der Waals surface area (Å²) in [5.74, 6) is -0.933. The van der Waals surface area contributed by atoms with E-state index in [1.54, 1.807) is 20.8 Å². The zero-order valence-corrected chi connectivity index (χ0v) is 21.7. The molecule has 190 valence electrons. The van der Waals surface area contributed by atoms with Crippen LogP contribution in [0.1, 0.15) is 54.6 Å². The van der Waals surface area contributed by atoms with Crippen molar-refractivity contribution in [1.29, 1.82) is 0 Å². The van der Waals surface area contributed by atoms with E-state index in [0.29, 0.717) is 11.3 Å². The van der Waals surface area contributed by atoms with Gasteiger partial charge >= 0.3 is 6.09 Å². The van der Waals surface area contributed by atoms with E-state index in [1.807, 2.05) is 64.1 Å². The standard InChI is InChI=1S/C27H37N3O5/c1-17-13-18(2)15-21(14-17)24(25(33)29-23-19(3)9-8-10-20(23)4)30(11-12-31)22(32)16-28-26(34)35-27(5,6)7/h8-10,13-15,24,31H,11-12,16H2,1-7H3,(H,28,34)(H,29,33). The Hall–Kier alpha value is -3.39. The van der Waals surface area contributed by atoms with Crippen molar-refractivity contribution in [3.8, 4) is 0 Å². The number of carbonyl (C=O) groups excluding carboxylic acids is 3. The largest absolute Gasteiger partial charge is 0.444 e. The van der Waals surface area contributed by atoms with Crippen LogP contribution >= 0.6 is 0 Å². The first-order valence-corrected chi connectivity index (χ1v) is 11.6. The van der Waals surface area contributed by atoms with Gasteiger partial charge in [0.15, 0.2) is 0 Å². The van der Waals surface area contributed by atoms with Gasteiger partial charge in [0.25, 0.3) is 5.91 Å². The first-order valence-electron chi connectivity index (χ1n) is 11.6. The lowest BCUT2D eigenvalue weighted by molar-refractivity contribution is -0.138. The topological polar surface area (TPSA) is 108 Å². The van der Waals surface area contributed by atoms with Crippen molar-refractivity contribution in [2.45, 2.75) is 60.1 Å². The number of carbonyl (C=O) groups is 3. The summed E-state index contributed by atoms with van der Waals surface area (Å²) in [4.78, 5) is 40.3. The summed E-state index contributed by atoms with van der Waals surface area (Å²) in [5, 5.41) is 15.2. The Labute approximate surface area is 207 Å². The molecule has 1 unspecified atom stereocenters. The van der Waals surface area contributed by atoms with Crippen LogP contribution in [0.4, 0.5) is 10.5 Å². The predicted octanol–water partition coefficient (Wildman–Crippen LogP) is 3.95. The molecule has 2 aromatic rings. The molecule has 8 heteroatoms. The van der Waals surface area contributed by atoms with Crippen LogP contribution in [0.5, 0.6) is 0 Å². The first kappa shape index (κ1) is 27.9. The zero-order valence-electron chi connectivity index (χ0n) is 21.7. The molecule has 2 aromatic carbocycles. The maximum Gasteiger partial charge on any atom is 0.408 e. The number of rotatable bonds is 8. The molecule has 0 radical (unpaired) electrons. The lowest BCUT2D eigenvalue weighted by atomic mass is 9.98. The summed E-state index contributed by atoms with van der Waals surface area (Å²) in [6, 6.07) is 10.4. The Bertz CT molecular complexity index is 1030. The predicted molar refractivity (Wildman–Crippen MR) is 136 cm³/mol. The summed E-state index contributed by atoms with van der Waals surface area (Å²) >= 11 is 0. The van der Waals surface area contributed by atoms with E-state index in [2.05, 4.69) is 10.6 Å². The van der Waals surface area contributed by atoms with Gasteiger partial charge in [0, 0.05) is 12.2 Å². The van der Waals surface area contributed by atoms with Crippen LogP contribution in [0.3, 0.4) is 0 Å². The molecule has 0 aliphatic heterocycles. The normalized spacial score (nSPS) is 12.0. The van der Waals surface area contributed by atoms with E-state index in [9.17, 15) is 19.5 Å². The number of anilines is 1. The minimum absolute atomic E-state index is 0.0906. The minimum Gasteiger partial charge on any atom is -0.444 e. The van der Waals surface area contributed by atoms with Gasteiger partial charge in [0.2, 0.25) is 5.91 Å².